The second kappa shape index (κ2) is 5.11. The van der Waals surface area contributed by atoms with Crippen LogP contribution in [0.2, 0.25) is 0 Å². The summed E-state index contributed by atoms with van der Waals surface area (Å²) in [6.45, 7) is 5.63. The largest absolute Gasteiger partial charge is 0.481 e. The van der Waals surface area contributed by atoms with Gasteiger partial charge in [0, 0.05) is 5.92 Å². The molecule has 22 heavy (non-hydrogen) atoms. The van der Waals surface area contributed by atoms with Gasteiger partial charge in [-0.05, 0) is 38.0 Å². The number of rotatable bonds is 6. The van der Waals surface area contributed by atoms with Crippen molar-refractivity contribution in [1.29, 1.82) is 0 Å². The van der Waals surface area contributed by atoms with Gasteiger partial charge in [0.15, 0.2) is 0 Å². The maximum atomic E-state index is 12.5. The van der Waals surface area contributed by atoms with Crippen LogP contribution in [-0.2, 0) is 19.1 Å². The minimum atomic E-state index is -1.04. The SMILES string of the molecule is C=C[C@@H]1C[C@]1(NC(=O)C1CC2CC2C1C(=O)O)C(=O)OCC. The highest BCUT2D eigenvalue weighted by Gasteiger charge is 2.64. The van der Waals surface area contributed by atoms with Crippen LogP contribution in [0.1, 0.15) is 26.2 Å². The van der Waals surface area contributed by atoms with E-state index in [2.05, 4.69) is 11.9 Å². The van der Waals surface area contributed by atoms with E-state index in [4.69, 9.17) is 4.74 Å². The lowest BCUT2D eigenvalue weighted by atomic mass is 9.90. The van der Waals surface area contributed by atoms with Crippen molar-refractivity contribution in [2.75, 3.05) is 6.61 Å². The average molecular weight is 307 g/mol. The first kappa shape index (κ1) is 15.1. The van der Waals surface area contributed by atoms with Crippen molar-refractivity contribution in [3.63, 3.8) is 0 Å². The Kier molecular flexibility index (Phi) is 3.50. The first-order valence-corrected chi connectivity index (χ1v) is 7.79. The van der Waals surface area contributed by atoms with Gasteiger partial charge < -0.3 is 15.2 Å². The van der Waals surface area contributed by atoms with Gasteiger partial charge >= 0.3 is 11.9 Å². The van der Waals surface area contributed by atoms with E-state index in [9.17, 15) is 19.5 Å². The second-order valence-corrected chi connectivity index (χ2v) is 6.59. The number of esters is 1. The molecular formula is C16H21NO5. The summed E-state index contributed by atoms with van der Waals surface area (Å²) in [5.41, 5.74) is -1.04. The number of carboxylic acid groups (broad SMARTS) is 1. The van der Waals surface area contributed by atoms with E-state index in [-0.39, 0.29) is 24.3 Å². The predicted octanol–water partition coefficient (Wildman–Crippen LogP) is 0.967. The van der Waals surface area contributed by atoms with E-state index in [1.54, 1.807) is 13.0 Å². The number of hydrogen-bond acceptors (Lipinski definition) is 4. The summed E-state index contributed by atoms with van der Waals surface area (Å²) in [6.07, 6.45) is 3.61. The monoisotopic (exact) mass is 307 g/mol. The lowest BCUT2D eigenvalue weighted by Gasteiger charge is -2.23. The molecule has 0 aliphatic heterocycles. The first-order valence-electron chi connectivity index (χ1n) is 7.79. The van der Waals surface area contributed by atoms with Gasteiger partial charge in [0.1, 0.15) is 5.54 Å². The van der Waals surface area contributed by atoms with Crippen molar-refractivity contribution in [1.82, 2.24) is 5.32 Å². The van der Waals surface area contributed by atoms with E-state index >= 15 is 0 Å². The molecule has 0 aromatic rings. The Labute approximate surface area is 128 Å². The van der Waals surface area contributed by atoms with Gasteiger partial charge in [0.05, 0.1) is 18.4 Å². The number of carbonyl (C=O) groups is 3. The number of amides is 1. The van der Waals surface area contributed by atoms with Crippen molar-refractivity contribution in [3.8, 4) is 0 Å². The Hall–Kier alpha value is -1.85. The van der Waals surface area contributed by atoms with Gasteiger partial charge in [-0.2, -0.15) is 0 Å². The third-order valence-corrected chi connectivity index (χ3v) is 5.34. The Morgan fingerprint density at radius 2 is 2.14 bits per heavy atom. The molecule has 120 valence electrons. The molecule has 0 bridgehead atoms. The maximum absolute atomic E-state index is 12.5. The lowest BCUT2D eigenvalue weighted by Crippen LogP contribution is -2.49. The van der Waals surface area contributed by atoms with Crippen LogP contribution < -0.4 is 5.32 Å². The number of ether oxygens (including phenoxy) is 1. The third kappa shape index (κ3) is 2.21. The van der Waals surface area contributed by atoms with Gasteiger partial charge in [-0.3, -0.25) is 9.59 Å². The van der Waals surface area contributed by atoms with E-state index in [0.717, 1.165) is 6.42 Å². The highest BCUT2D eigenvalue weighted by Crippen LogP contribution is 2.58. The van der Waals surface area contributed by atoms with Crippen LogP contribution >= 0.6 is 0 Å². The van der Waals surface area contributed by atoms with Gasteiger partial charge in [-0.1, -0.05) is 6.08 Å². The van der Waals surface area contributed by atoms with Crippen LogP contribution in [0.3, 0.4) is 0 Å². The normalized spacial score (nSPS) is 41.2. The minimum Gasteiger partial charge on any atom is -0.481 e. The molecule has 1 amide bonds. The zero-order valence-corrected chi connectivity index (χ0v) is 12.6. The van der Waals surface area contributed by atoms with Gasteiger partial charge in [-0.25, -0.2) is 4.79 Å². The molecule has 4 unspecified atom stereocenters. The fourth-order valence-electron chi connectivity index (χ4n) is 3.95. The molecule has 2 N–H and O–H groups in total. The number of fused-ring (bicyclic) bond motifs is 1. The molecule has 0 heterocycles. The van der Waals surface area contributed by atoms with Crippen LogP contribution in [0.25, 0.3) is 0 Å². The first-order chi connectivity index (χ1) is 10.4. The van der Waals surface area contributed by atoms with E-state index in [1.807, 2.05) is 0 Å². The predicted molar refractivity (Wildman–Crippen MR) is 76.6 cm³/mol. The number of nitrogens with one attached hydrogen (secondary N) is 1. The Morgan fingerprint density at radius 3 is 2.68 bits per heavy atom. The topological polar surface area (TPSA) is 92.7 Å². The summed E-state index contributed by atoms with van der Waals surface area (Å²) in [5.74, 6) is -2.53. The summed E-state index contributed by atoms with van der Waals surface area (Å²) in [7, 11) is 0. The number of carboxylic acids is 1. The third-order valence-electron chi connectivity index (χ3n) is 5.34. The highest BCUT2D eigenvalue weighted by atomic mass is 16.5. The summed E-state index contributed by atoms with van der Waals surface area (Å²) >= 11 is 0. The van der Waals surface area contributed by atoms with Crippen molar-refractivity contribution in [3.05, 3.63) is 12.7 Å². The molecule has 0 radical (unpaired) electrons. The summed E-state index contributed by atoms with van der Waals surface area (Å²) in [5, 5.41) is 12.1. The zero-order chi connectivity index (χ0) is 16.1. The number of carbonyl (C=O) groups excluding carboxylic acids is 2. The number of hydrogen-bond donors (Lipinski definition) is 2. The quantitative estimate of drug-likeness (QED) is 0.563. The molecule has 3 fully saturated rings. The molecule has 0 aromatic carbocycles. The molecule has 3 rings (SSSR count). The van der Waals surface area contributed by atoms with Crippen molar-refractivity contribution in [2.24, 2.45) is 29.6 Å². The summed E-state index contributed by atoms with van der Waals surface area (Å²) in [6, 6.07) is 0. The average Bonchev–Trinajstić information content (AvgIpc) is 3.35. The lowest BCUT2D eigenvalue weighted by molar-refractivity contribution is -0.151. The highest BCUT2D eigenvalue weighted by molar-refractivity contribution is 5.94. The Bertz CT molecular complexity index is 545. The summed E-state index contributed by atoms with van der Waals surface area (Å²) in [4.78, 5) is 36.1. The molecule has 6 heteroatoms. The molecule has 3 aliphatic carbocycles. The maximum Gasteiger partial charge on any atom is 0.332 e. The Morgan fingerprint density at radius 1 is 1.41 bits per heavy atom. The van der Waals surface area contributed by atoms with E-state index in [1.165, 1.54) is 0 Å². The fraction of sp³-hybridized carbons (Fsp3) is 0.688. The molecule has 6 atom stereocenters. The van der Waals surface area contributed by atoms with Crippen molar-refractivity contribution < 1.29 is 24.2 Å². The Balaban J connectivity index is 1.71. The molecule has 3 aliphatic rings. The number of aliphatic carboxylic acids is 1. The standard InChI is InChI=1S/C16H21NO5/c1-3-9-7-16(9,15(21)22-4-2)17-13(18)11-6-8-5-10(8)12(11)14(19)20/h3,8-12H,1,4-7H2,2H3,(H,17,18)(H,19,20)/t8?,9-,10?,11?,12?,16-/m1/s1. The van der Waals surface area contributed by atoms with Gasteiger partial charge in [0.2, 0.25) is 5.91 Å². The molecule has 3 saturated carbocycles. The van der Waals surface area contributed by atoms with Gasteiger partial charge in [-0.15, -0.1) is 6.58 Å². The van der Waals surface area contributed by atoms with Crippen LogP contribution in [0.5, 0.6) is 0 Å². The minimum absolute atomic E-state index is 0.126. The van der Waals surface area contributed by atoms with Crippen LogP contribution in [-0.4, -0.2) is 35.1 Å². The molecule has 0 spiro atoms. The van der Waals surface area contributed by atoms with E-state index < -0.39 is 29.3 Å². The zero-order valence-electron chi connectivity index (χ0n) is 12.6. The molecule has 0 aromatic heterocycles. The fourth-order valence-corrected chi connectivity index (χ4v) is 3.95. The van der Waals surface area contributed by atoms with Crippen LogP contribution in [0.4, 0.5) is 0 Å². The summed E-state index contributed by atoms with van der Waals surface area (Å²) < 4.78 is 5.05. The van der Waals surface area contributed by atoms with Crippen LogP contribution in [0.15, 0.2) is 12.7 Å². The molecule has 6 nitrogen and oxygen atoms in total. The second-order valence-electron chi connectivity index (χ2n) is 6.59. The van der Waals surface area contributed by atoms with Crippen LogP contribution in [0, 0.1) is 29.6 Å². The van der Waals surface area contributed by atoms with Crippen molar-refractivity contribution >= 4 is 17.8 Å². The molecule has 0 saturated heterocycles. The smallest absolute Gasteiger partial charge is 0.332 e. The van der Waals surface area contributed by atoms with E-state index in [0.29, 0.717) is 18.8 Å². The molecular weight excluding hydrogens is 286 g/mol. The van der Waals surface area contributed by atoms with Crippen molar-refractivity contribution in [2.45, 2.75) is 31.7 Å². The van der Waals surface area contributed by atoms with Gasteiger partial charge in [0.25, 0.3) is 0 Å².